The minimum absolute atomic E-state index is 0.0386. The van der Waals surface area contributed by atoms with Crippen molar-refractivity contribution in [2.75, 3.05) is 21.3 Å². The number of phenolic OH excluding ortho intramolecular Hbond substituents is 1. The van der Waals surface area contributed by atoms with Crippen molar-refractivity contribution in [3.05, 3.63) is 117 Å². The Morgan fingerprint density at radius 3 is 1.93 bits per heavy atom. The normalized spacial score (nSPS) is 10.7. The summed E-state index contributed by atoms with van der Waals surface area (Å²) in [5.74, 6) is 2.18. The summed E-state index contributed by atoms with van der Waals surface area (Å²) >= 11 is 0. The standard InChI is InChI=1S/C19H18O5.C16H12O3/c1-11-9-14(22-3)16-15(10-11)24-18(19(23-4)17(16)20)12-5-7-13(21-2)8-6-12;1-10-7-12(17)16-13(18)9-14(19-15(16)8-10)11-5-3-2-4-6-11/h5-10H,1-4H3;2-9,17H,1H3. The van der Waals surface area contributed by atoms with E-state index < -0.39 is 0 Å². The molecule has 0 aliphatic rings. The lowest BCUT2D eigenvalue weighted by molar-refractivity contribution is 0.395. The van der Waals surface area contributed by atoms with Gasteiger partial charge in [0.05, 0.1) is 21.3 Å². The van der Waals surface area contributed by atoms with Crippen LogP contribution in [0.15, 0.2) is 103 Å². The molecule has 8 nitrogen and oxygen atoms in total. The fourth-order valence-corrected chi connectivity index (χ4v) is 4.82. The second kappa shape index (κ2) is 12.2. The van der Waals surface area contributed by atoms with Crippen molar-refractivity contribution in [3.8, 4) is 45.6 Å². The molecule has 0 atom stereocenters. The van der Waals surface area contributed by atoms with Crippen LogP contribution in [0.5, 0.6) is 23.0 Å². The summed E-state index contributed by atoms with van der Waals surface area (Å²) in [5, 5.41) is 10.4. The average molecular weight is 579 g/mol. The van der Waals surface area contributed by atoms with Crippen molar-refractivity contribution in [1.29, 1.82) is 0 Å². The fraction of sp³-hybridized carbons (Fsp3) is 0.143. The number of fused-ring (bicyclic) bond motifs is 2. The maximum atomic E-state index is 12.9. The van der Waals surface area contributed by atoms with E-state index in [0.29, 0.717) is 33.8 Å². The Balaban J connectivity index is 0.000000176. The van der Waals surface area contributed by atoms with E-state index in [9.17, 15) is 14.7 Å². The lowest BCUT2D eigenvalue weighted by Crippen LogP contribution is -2.09. The Bertz CT molecular complexity index is 2040. The molecule has 0 radical (unpaired) electrons. The van der Waals surface area contributed by atoms with Crippen molar-refractivity contribution in [1.82, 2.24) is 0 Å². The second-order valence-electron chi connectivity index (χ2n) is 9.86. The van der Waals surface area contributed by atoms with Gasteiger partial charge in [-0.3, -0.25) is 9.59 Å². The van der Waals surface area contributed by atoms with Gasteiger partial charge in [-0.05, 0) is 73.5 Å². The third kappa shape index (κ3) is 5.81. The first-order valence-electron chi connectivity index (χ1n) is 13.4. The van der Waals surface area contributed by atoms with Crippen LogP contribution in [-0.2, 0) is 0 Å². The summed E-state index contributed by atoms with van der Waals surface area (Å²) in [5.41, 5.74) is 3.72. The molecule has 0 aliphatic carbocycles. The Labute approximate surface area is 247 Å². The minimum Gasteiger partial charge on any atom is -0.507 e. The predicted octanol–water partition coefficient (Wildman–Crippen LogP) is 7.27. The summed E-state index contributed by atoms with van der Waals surface area (Å²) in [6.07, 6.45) is 0. The Morgan fingerprint density at radius 2 is 1.30 bits per heavy atom. The van der Waals surface area contributed by atoms with Gasteiger partial charge in [-0.1, -0.05) is 30.3 Å². The SMILES string of the molecule is COc1ccc(-c2oc3cc(C)cc(OC)c3c(=O)c2OC)cc1.Cc1cc(O)c2c(=O)cc(-c3ccccc3)oc2c1. The van der Waals surface area contributed by atoms with E-state index in [1.54, 1.807) is 37.4 Å². The van der Waals surface area contributed by atoms with Gasteiger partial charge < -0.3 is 28.2 Å². The van der Waals surface area contributed by atoms with Gasteiger partial charge in [0.15, 0.2) is 11.2 Å². The number of aryl methyl sites for hydroxylation is 2. The zero-order chi connectivity index (χ0) is 30.7. The molecular formula is C35H30O8. The second-order valence-corrected chi connectivity index (χ2v) is 9.86. The van der Waals surface area contributed by atoms with E-state index in [2.05, 4.69) is 0 Å². The maximum absolute atomic E-state index is 12.9. The topological polar surface area (TPSA) is 108 Å². The van der Waals surface area contributed by atoms with Gasteiger partial charge in [0.1, 0.15) is 44.9 Å². The molecule has 6 aromatic rings. The molecule has 1 N–H and O–H groups in total. The highest BCUT2D eigenvalue weighted by molar-refractivity contribution is 5.88. The van der Waals surface area contributed by atoms with Gasteiger partial charge in [0.25, 0.3) is 0 Å². The Kier molecular flexibility index (Phi) is 8.20. The highest BCUT2D eigenvalue weighted by Gasteiger charge is 2.20. The first kappa shape index (κ1) is 29.0. The van der Waals surface area contributed by atoms with Crippen LogP contribution in [0, 0.1) is 13.8 Å². The van der Waals surface area contributed by atoms with Crippen molar-refractivity contribution in [3.63, 3.8) is 0 Å². The number of methoxy groups -OCH3 is 3. The van der Waals surface area contributed by atoms with E-state index in [0.717, 1.165) is 28.0 Å². The number of ether oxygens (including phenoxy) is 3. The first-order chi connectivity index (χ1) is 20.7. The lowest BCUT2D eigenvalue weighted by Gasteiger charge is -2.12. The zero-order valence-corrected chi connectivity index (χ0v) is 24.4. The quantitative estimate of drug-likeness (QED) is 0.228. The van der Waals surface area contributed by atoms with Crippen molar-refractivity contribution < 1.29 is 28.2 Å². The molecule has 43 heavy (non-hydrogen) atoms. The maximum Gasteiger partial charge on any atom is 0.239 e. The van der Waals surface area contributed by atoms with Gasteiger partial charge in [-0.15, -0.1) is 0 Å². The number of aromatic hydroxyl groups is 1. The van der Waals surface area contributed by atoms with Crippen LogP contribution >= 0.6 is 0 Å². The highest BCUT2D eigenvalue weighted by Crippen LogP contribution is 2.35. The van der Waals surface area contributed by atoms with Crippen LogP contribution in [0.25, 0.3) is 44.6 Å². The molecule has 0 fully saturated rings. The number of rotatable bonds is 5. The number of hydrogen-bond donors (Lipinski definition) is 1. The molecular weight excluding hydrogens is 548 g/mol. The average Bonchev–Trinajstić information content (AvgIpc) is 3.00. The van der Waals surface area contributed by atoms with E-state index in [1.807, 2.05) is 62.4 Å². The number of hydrogen-bond acceptors (Lipinski definition) is 8. The smallest absolute Gasteiger partial charge is 0.239 e. The fourth-order valence-electron chi connectivity index (χ4n) is 4.82. The number of benzene rings is 4. The molecule has 0 aliphatic heterocycles. The molecule has 2 aromatic heterocycles. The molecule has 6 rings (SSSR count). The van der Waals surface area contributed by atoms with Crippen LogP contribution in [0.1, 0.15) is 11.1 Å². The summed E-state index contributed by atoms with van der Waals surface area (Å²) in [6.45, 7) is 3.76. The summed E-state index contributed by atoms with van der Waals surface area (Å²) in [6, 6.07) is 25.0. The van der Waals surface area contributed by atoms with E-state index in [4.69, 9.17) is 23.0 Å². The molecule has 0 bridgehead atoms. The summed E-state index contributed by atoms with van der Waals surface area (Å²) in [4.78, 5) is 25.0. The van der Waals surface area contributed by atoms with Gasteiger partial charge in [-0.25, -0.2) is 0 Å². The molecule has 0 saturated heterocycles. The van der Waals surface area contributed by atoms with E-state index >= 15 is 0 Å². The van der Waals surface area contributed by atoms with Crippen LogP contribution in [0.2, 0.25) is 0 Å². The largest absolute Gasteiger partial charge is 0.507 e. The highest BCUT2D eigenvalue weighted by atomic mass is 16.5. The van der Waals surface area contributed by atoms with Gasteiger partial charge in [0, 0.05) is 17.2 Å². The van der Waals surface area contributed by atoms with Crippen molar-refractivity contribution >= 4 is 21.9 Å². The van der Waals surface area contributed by atoms with Crippen molar-refractivity contribution in [2.24, 2.45) is 0 Å². The molecule has 0 unspecified atom stereocenters. The molecule has 218 valence electrons. The molecule has 8 heteroatoms. The zero-order valence-electron chi connectivity index (χ0n) is 24.4. The van der Waals surface area contributed by atoms with E-state index in [-0.39, 0.29) is 27.7 Å². The Morgan fingerprint density at radius 1 is 0.651 bits per heavy atom. The number of phenols is 1. The summed E-state index contributed by atoms with van der Waals surface area (Å²) < 4.78 is 27.6. The molecule has 0 saturated carbocycles. The third-order valence-electron chi connectivity index (χ3n) is 6.85. The van der Waals surface area contributed by atoms with Crippen molar-refractivity contribution in [2.45, 2.75) is 13.8 Å². The molecule has 0 amide bonds. The summed E-state index contributed by atoms with van der Waals surface area (Å²) in [7, 11) is 4.57. The van der Waals surface area contributed by atoms with Gasteiger partial charge in [-0.2, -0.15) is 0 Å². The Hall–Kier alpha value is -5.50. The van der Waals surface area contributed by atoms with Gasteiger partial charge >= 0.3 is 0 Å². The molecule has 2 heterocycles. The van der Waals surface area contributed by atoms with Gasteiger partial charge in [0.2, 0.25) is 11.2 Å². The van der Waals surface area contributed by atoms with E-state index in [1.165, 1.54) is 20.3 Å². The minimum atomic E-state index is -0.263. The van der Waals surface area contributed by atoms with Crippen LogP contribution < -0.4 is 25.1 Å². The van der Waals surface area contributed by atoms with Crippen LogP contribution in [0.4, 0.5) is 0 Å². The molecule has 4 aromatic carbocycles. The molecule has 0 spiro atoms. The monoisotopic (exact) mass is 578 g/mol. The third-order valence-corrected chi connectivity index (χ3v) is 6.85. The first-order valence-corrected chi connectivity index (χ1v) is 13.4. The van der Waals surface area contributed by atoms with Crippen LogP contribution in [-0.4, -0.2) is 26.4 Å². The van der Waals surface area contributed by atoms with Crippen LogP contribution in [0.3, 0.4) is 0 Å². The predicted molar refractivity (Wildman–Crippen MR) is 167 cm³/mol. The lowest BCUT2D eigenvalue weighted by atomic mass is 10.1.